The monoisotopic (exact) mass is 399 g/mol. The minimum atomic E-state index is -1.79. The lowest BCUT2D eigenvalue weighted by atomic mass is 10.1. The third kappa shape index (κ3) is 6.80. The third-order valence-corrected chi connectivity index (χ3v) is 11.1. The standard InChI is InChI=1S/C20H37NO3SSi/c1-19(2,3)25(22)21-18(16-10-12-17(23-7)13-11-16)14-15-24-26(8,9)20(4,5)6/h10-13,18,21H,14-15H2,1-9H3/t18-,25+/m1/s1. The molecule has 1 rings (SSSR count). The van der Waals surface area contributed by atoms with Gasteiger partial charge in [-0.2, -0.15) is 0 Å². The van der Waals surface area contributed by atoms with E-state index in [1.54, 1.807) is 7.11 Å². The van der Waals surface area contributed by atoms with Gasteiger partial charge in [-0.1, -0.05) is 32.9 Å². The first-order valence-corrected chi connectivity index (χ1v) is 13.3. The molecular formula is C20H37NO3SSi. The molecule has 0 aliphatic rings. The van der Waals surface area contributed by atoms with Gasteiger partial charge in [0.05, 0.1) is 22.8 Å². The van der Waals surface area contributed by atoms with Crippen molar-refractivity contribution >= 4 is 19.3 Å². The molecule has 0 unspecified atom stereocenters. The molecule has 0 aromatic heterocycles. The minimum absolute atomic E-state index is 0.0225. The van der Waals surface area contributed by atoms with Gasteiger partial charge in [-0.25, -0.2) is 8.93 Å². The first kappa shape index (κ1) is 23.3. The molecule has 0 aliphatic heterocycles. The van der Waals surface area contributed by atoms with Gasteiger partial charge in [0.25, 0.3) is 0 Å². The largest absolute Gasteiger partial charge is 0.497 e. The lowest BCUT2D eigenvalue weighted by Crippen LogP contribution is -2.42. The van der Waals surface area contributed by atoms with E-state index in [2.05, 4.69) is 38.6 Å². The molecule has 0 heterocycles. The summed E-state index contributed by atoms with van der Waals surface area (Å²) in [5.41, 5.74) is 1.10. The average molecular weight is 400 g/mol. The van der Waals surface area contributed by atoms with E-state index in [4.69, 9.17) is 9.16 Å². The van der Waals surface area contributed by atoms with E-state index >= 15 is 0 Å². The molecular weight excluding hydrogens is 362 g/mol. The zero-order valence-corrected chi connectivity index (χ0v) is 19.8. The summed E-state index contributed by atoms with van der Waals surface area (Å²) in [5.74, 6) is 0.821. The van der Waals surface area contributed by atoms with Crippen LogP contribution in [0.3, 0.4) is 0 Å². The van der Waals surface area contributed by atoms with Crippen LogP contribution in [0.25, 0.3) is 0 Å². The van der Waals surface area contributed by atoms with Crippen LogP contribution in [0.2, 0.25) is 18.1 Å². The van der Waals surface area contributed by atoms with Gasteiger partial charge < -0.3 is 9.16 Å². The first-order valence-electron chi connectivity index (χ1n) is 9.24. The van der Waals surface area contributed by atoms with Crippen molar-refractivity contribution in [1.29, 1.82) is 0 Å². The SMILES string of the molecule is COc1ccc([C@@H](CCO[Si](C)(C)C(C)(C)C)N[S@@](=O)C(C)(C)C)cc1. The summed E-state index contributed by atoms with van der Waals surface area (Å²) in [5, 5.41) is 0.185. The van der Waals surface area contributed by atoms with Crippen molar-refractivity contribution in [3.63, 3.8) is 0 Å². The van der Waals surface area contributed by atoms with E-state index < -0.39 is 19.3 Å². The number of hydrogen-bond acceptors (Lipinski definition) is 3. The number of ether oxygens (including phenoxy) is 1. The quantitative estimate of drug-likeness (QED) is 0.611. The van der Waals surface area contributed by atoms with Crippen molar-refractivity contribution in [2.24, 2.45) is 0 Å². The van der Waals surface area contributed by atoms with Crippen molar-refractivity contribution in [1.82, 2.24) is 4.72 Å². The Hall–Kier alpha value is -0.693. The molecule has 1 N–H and O–H groups in total. The Morgan fingerprint density at radius 3 is 2.04 bits per heavy atom. The number of benzene rings is 1. The molecule has 1 aromatic rings. The zero-order chi connectivity index (χ0) is 20.2. The average Bonchev–Trinajstić information content (AvgIpc) is 2.51. The van der Waals surface area contributed by atoms with Crippen LogP contribution in [0.15, 0.2) is 24.3 Å². The Morgan fingerprint density at radius 2 is 1.62 bits per heavy atom. The fraction of sp³-hybridized carbons (Fsp3) is 0.700. The van der Waals surface area contributed by atoms with Crippen LogP contribution in [0.5, 0.6) is 5.75 Å². The summed E-state index contributed by atoms with van der Waals surface area (Å²) in [4.78, 5) is 0. The molecule has 26 heavy (non-hydrogen) atoms. The smallest absolute Gasteiger partial charge is 0.191 e. The maximum atomic E-state index is 12.6. The van der Waals surface area contributed by atoms with Crippen molar-refractivity contribution < 1.29 is 13.4 Å². The molecule has 4 nitrogen and oxygen atoms in total. The second kappa shape index (κ2) is 9.00. The molecule has 0 spiro atoms. The maximum Gasteiger partial charge on any atom is 0.191 e. The number of rotatable bonds is 8. The summed E-state index contributed by atoms with van der Waals surface area (Å²) in [6.45, 7) is 17.8. The first-order chi connectivity index (χ1) is 11.8. The Labute approximate surface area is 163 Å². The fourth-order valence-corrected chi connectivity index (χ4v) is 4.01. The third-order valence-electron chi connectivity index (χ3n) is 5.00. The van der Waals surface area contributed by atoms with Gasteiger partial charge in [0, 0.05) is 12.6 Å². The summed E-state index contributed by atoms with van der Waals surface area (Å²) < 4.78 is 27.2. The number of nitrogens with one attached hydrogen (secondary N) is 1. The molecule has 0 aliphatic carbocycles. The van der Waals surface area contributed by atoms with Crippen molar-refractivity contribution in [3.05, 3.63) is 29.8 Å². The van der Waals surface area contributed by atoms with Crippen LogP contribution in [-0.4, -0.2) is 31.0 Å². The van der Waals surface area contributed by atoms with Crippen LogP contribution in [0.1, 0.15) is 59.6 Å². The Morgan fingerprint density at radius 1 is 1.08 bits per heavy atom. The molecule has 0 fully saturated rings. The minimum Gasteiger partial charge on any atom is -0.497 e. The van der Waals surface area contributed by atoms with Crippen molar-refractivity contribution in [2.75, 3.05) is 13.7 Å². The maximum absolute atomic E-state index is 12.6. The van der Waals surface area contributed by atoms with Gasteiger partial charge in [0.15, 0.2) is 8.32 Å². The summed E-state index contributed by atoms with van der Waals surface area (Å²) in [6.07, 6.45) is 0.778. The molecule has 2 atom stereocenters. The van der Waals surface area contributed by atoms with Gasteiger partial charge in [-0.3, -0.25) is 0 Å². The second-order valence-corrected chi connectivity index (χ2v) is 16.0. The Bertz CT molecular complexity index is 589. The lowest BCUT2D eigenvalue weighted by Gasteiger charge is -2.36. The van der Waals surface area contributed by atoms with Crippen LogP contribution in [-0.2, 0) is 15.4 Å². The van der Waals surface area contributed by atoms with Gasteiger partial charge >= 0.3 is 0 Å². The van der Waals surface area contributed by atoms with Gasteiger partial charge in [0.1, 0.15) is 5.75 Å². The number of methoxy groups -OCH3 is 1. The van der Waals surface area contributed by atoms with Gasteiger partial charge in [0.2, 0.25) is 0 Å². The molecule has 0 bridgehead atoms. The Kier molecular flexibility index (Phi) is 8.08. The molecule has 1 aromatic carbocycles. The van der Waals surface area contributed by atoms with Crippen molar-refractivity contribution in [2.45, 2.75) is 76.9 Å². The highest BCUT2D eigenvalue weighted by molar-refractivity contribution is 7.84. The highest BCUT2D eigenvalue weighted by Crippen LogP contribution is 2.37. The lowest BCUT2D eigenvalue weighted by molar-refractivity contribution is 0.269. The molecule has 6 heteroatoms. The van der Waals surface area contributed by atoms with Crippen molar-refractivity contribution in [3.8, 4) is 5.75 Å². The highest BCUT2D eigenvalue weighted by atomic mass is 32.2. The van der Waals surface area contributed by atoms with Gasteiger partial charge in [-0.05, 0) is 63.0 Å². The predicted octanol–water partition coefficient (Wildman–Crippen LogP) is 5.20. The van der Waals surface area contributed by atoms with E-state index in [1.807, 2.05) is 45.0 Å². The molecule has 0 saturated heterocycles. The van der Waals surface area contributed by atoms with Crippen LogP contribution >= 0.6 is 0 Å². The van der Waals surface area contributed by atoms with E-state index in [1.165, 1.54) is 0 Å². The van der Waals surface area contributed by atoms with E-state index in [-0.39, 0.29) is 15.8 Å². The highest BCUT2D eigenvalue weighted by Gasteiger charge is 2.37. The summed E-state index contributed by atoms with van der Waals surface area (Å²) in [6, 6.07) is 7.92. The van der Waals surface area contributed by atoms with Crippen LogP contribution < -0.4 is 9.46 Å². The molecule has 0 radical (unpaired) electrons. The molecule has 0 saturated carbocycles. The normalized spacial score (nSPS) is 15.6. The second-order valence-electron chi connectivity index (χ2n) is 9.22. The number of hydrogen-bond donors (Lipinski definition) is 1. The van der Waals surface area contributed by atoms with Gasteiger partial charge in [-0.15, -0.1) is 0 Å². The summed E-state index contributed by atoms with van der Waals surface area (Å²) >= 11 is 0. The van der Waals surface area contributed by atoms with Crippen LogP contribution in [0, 0.1) is 0 Å². The topological polar surface area (TPSA) is 47.6 Å². The zero-order valence-electron chi connectivity index (χ0n) is 17.9. The van der Waals surface area contributed by atoms with E-state index in [9.17, 15) is 4.21 Å². The summed E-state index contributed by atoms with van der Waals surface area (Å²) in [7, 11) is -1.27. The van der Waals surface area contributed by atoms with E-state index in [0.29, 0.717) is 6.61 Å². The Balaban J connectivity index is 2.89. The fourth-order valence-electron chi connectivity index (χ4n) is 2.08. The molecule has 0 amide bonds. The van der Waals surface area contributed by atoms with E-state index in [0.717, 1.165) is 17.7 Å². The van der Waals surface area contributed by atoms with Crippen LogP contribution in [0.4, 0.5) is 0 Å². The predicted molar refractivity (Wildman–Crippen MR) is 115 cm³/mol. The molecule has 150 valence electrons.